The van der Waals surface area contributed by atoms with Crippen molar-refractivity contribution in [3.05, 3.63) is 44.3 Å². The van der Waals surface area contributed by atoms with Crippen LogP contribution in [0.1, 0.15) is 47.9 Å². The van der Waals surface area contributed by atoms with Gasteiger partial charge in [-0.3, -0.25) is 14.6 Å². The van der Waals surface area contributed by atoms with Gasteiger partial charge in [-0.2, -0.15) is 4.98 Å². The number of hydrogen-bond donors (Lipinski definition) is 1. The highest BCUT2D eigenvalue weighted by Crippen LogP contribution is 2.31. The highest BCUT2D eigenvalue weighted by molar-refractivity contribution is 5.94. The summed E-state index contributed by atoms with van der Waals surface area (Å²) in [6.07, 6.45) is 3.37. The molecule has 0 radical (unpaired) electrons. The van der Waals surface area contributed by atoms with Crippen LogP contribution >= 0.6 is 0 Å². The minimum atomic E-state index is -0.691. The van der Waals surface area contributed by atoms with Crippen molar-refractivity contribution in [3.63, 3.8) is 0 Å². The molecule has 9 nitrogen and oxygen atoms in total. The maximum atomic E-state index is 12.7. The zero-order chi connectivity index (χ0) is 16.6. The topological polar surface area (TPSA) is 114 Å². The average Bonchev–Trinajstić information content (AvgIpc) is 3.18. The van der Waals surface area contributed by atoms with Crippen LogP contribution in [0, 0.1) is 0 Å². The summed E-state index contributed by atoms with van der Waals surface area (Å²) in [5.41, 5.74) is -1.33. The maximum absolute atomic E-state index is 12.7. The first-order chi connectivity index (χ1) is 11.0. The molecule has 0 spiro atoms. The van der Waals surface area contributed by atoms with Crippen LogP contribution in [-0.2, 0) is 13.5 Å². The molecule has 3 rings (SSSR count). The van der Waals surface area contributed by atoms with Gasteiger partial charge in [0.1, 0.15) is 11.6 Å². The summed E-state index contributed by atoms with van der Waals surface area (Å²) in [4.78, 5) is 44.0. The number of hydrogen-bond acceptors (Lipinski definition) is 6. The lowest BCUT2D eigenvalue weighted by molar-refractivity contribution is 0.0707. The summed E-state index contributed by atoms with van der Waals surface area (Å²) in [6.45, 7) is 2.41. The molecule has 0 saturated carbocycles. The molecule has 9 heteroatoms. The Labute approximate surface area is 130 Å². The quantitative estimate of drug-likeness (QED) is 0.851. The van der Waals surface area contributed by atoms with E-state index in [0.29, 0.717) is 31.1 Å². The van der Waals surface area contributed by atoms with Gasteiger partial charge in [0.25, 0.3) is 11.5 Å². The summed E-state index contributed by atoms with van der Waals surface area (Å²) in [6, 6.07) is -0.341. The molecular weight excluding hydrogens is 302 g/mol. The third kappa shape index (κ3) is 2.69. The summed E-state index contributed by atoms with van der Waals surface area (Å²) in [7, 11) is 1.47. The van der Waals surface area contributed by atoms with Crippen LogP contribution < -0.4 is 11.2 Å². The molecule has 3 heterocycles. The third-order valence-electron chi connectivity index (χ3n) is 3.94. The fraction of sp³-hybridized carbons (Fsp3) is 0.500. The second kappa shape index (κ2) is 5.82. The predicted octanol–water partition coefficient (Wildman–Crippen LogP) is -0.00370. The molecule has 1 amide bonds. The predicted molar refractivity (Wildman–Crippen MR) is 79.0 cm³/mol. The number of aromatic amines is 1. The smallest absolute Gasteiger partial charge is 0.328 e. The number of likely N-dealkylation sites (tertiary alicyclic amines) is 1. The molecule has 1 aliphatic heterocycles. The van der Waals surface area contributed by atoms with E-state index in [1.165, 1.54) is 17.8 Å². The molecule has 1 N–H and O–H groups in total. The van der Waals surface area contributed by atoms with Gasteiger partial charge >= 0.3 is 5.69 Å². The second-order valence-electron chi connectivity index (χ2n) is 5.47. The van der Waals surface area contributed by atoms with Gasteiger partial charge < -0.3 is 14.0 Å². The van der Waals surface area contributed by atoms with Crippen LogP contribution in [0.2, 0.25) is 0 Å². The molecule has 1 saturated heterocycles. The van der Waals surface area contributed by atoms with Crippen molar-refractivity contribution in [2.45, 2.75) is 32.2 Å². The molecule has 1 atom stereocenters. The highest BCUT2D eigenvalue weighted by atomic mass is 16.5. The van der Waals surface area contributed by atoms with Crippen LogP contribution in [-0.4, -0.2) is 37.0 Å². The molecule has 0 aliphatic carbocycles. The Bertz CT molecular complexity index is 849. The first-order valence-corrected chi connectivity index (χ1v) is 7.44. The van der Waals surface area contributed by atoms with E-state index in [-0.39, 0.29) is 11.6 Å². The van der Waals surface area contributed by atoms with Gasteiger partial charge in [-0.1, -0.05) is 12.1 Å². The lowest BCUT2D eigenvalue weighted by atomic mass is 10.2. The van der Waals surface area contributed by atoms with E-state index in [4.69, 9.17) is 4.52 Å². The van der Waals surface area contributed by atoms with Crippen molar-refractivity contribution in [1.29, 1.82) is 0 Å². The van der Waals surface area contributed by atoms with Crippen LogP contribution in [0.3, 0.4) is 0 Å². The van der Waals surface area contributed by atoms with Crippen LogP contribution in [0.4, 0.5) is 0 Å². The van der Waals surface area contributed by atoms with Crippen LogP contribution in [0.5, 0.6) is 0 Å². The van der Waals surface area contributed by atoms with Crippen molar-refractivity contribution in [3.8, 4) is 0 Å². The van der Waals surface area contributed by atoms with Crippen molar-refractivity contribution < 1.29 is 9.32 Å². The second-order valence-corrected chi connectivity index (χ2v) is 5.47. The Kier molecular flexibility index (Phi) is 3.85. The monoisotopic (exact) mass is 319 g/mol. The number of nitrogens with zero attached hydrogens (tertiary/aromatic N) is 4. The van der Waals surface area contributed by atoms with Gasteiger partial charge in [-0.05, 0) is 12.8 Å². The van der Waals surface area contributed by atoms with Gasteiger partial charge in [0, 0.05) is 26.2 Å². The standard InChI is InChI=1S/C14H17N5O4/c1-3-10-15-12(23-17-10)9-5-4-6-19(9)13(21)8-7-18(2)14(22)16-11(8)20/h7,9H,3-6H2,1-2H3,(H,16,20,22)/t9-/m0/s1. The molecule has 0 aromatic carbocycles. The number of H-pyrrole nitrogens is 1. The Morgan fingerprint density at radius 3 is 2.96 bits per heavy atom. The number of carbonyl (C=O) groups excluding carboxylic acids is 1. The first kappa shape index (κ1) is 15.2. The number of rotatable bonds is 3. The number of aryl methyl sites for hydroxylation is 2. The number of carbonyl (C=O) groups is 1. The molecule has 122 valence electrons. The summed E-state index contributed by atoms with van der Waals surface area (Å²) < 4.78 is 6.40. The Hall–Kier alpha value is -2.71. The molecule has 1 aliphatic rings. The van der Waals surface area contributed by atoms with E-state index < -0.39 is 17.2 Å². The fourth-order valence-electron chi connectivity index (χ4n) is 2.68. The van der Waals surface area contributed by atoms with E-state index in [0.717, 1.165) is 6.42 Å². The number of amides is 1. The minimum absolute atomic E-state index is 0.0748. The number of aromatic nitrogens is 4. The van der Waals surface area contributed by atoms with Gasteiger partial charge in [-0.25, -0.2) is 4.79 Å². The van der Waals surface area contributed by atoms with Gasteiger partial charge in [0.05, 0.1) is 0 Å². The lowest BCUT2D eigenvalue weighted by Gasteiger charge is -2.21. The molecule has 0 bridgehead atoms. The summed E-state index contributed by atoms with van der Waals surface area (Å²) in [5, 5.41) is 3.85. The maximum Gasteiger partial charge on any atom is 0.328 e. The minimum Gasteiger partial charge on any atom is -0.337 e. The molecule has 2 aromatic rings. The summed E-state index contributed by atoms with van der Waals surface area (Å²) >= 11 is 0. The van der Waals surface area contributed by atoms with Crippen molar-refractivity contribution in [2.24, 2.45) is 7.05 Å². The van der Waals surface area contributed by atoms with E-state index in [1.807, 2.05) is 6.92 Å². The molecule has 23 heavy (non-hydrogen) atoms. The molecular formula is C14H17N5O4. The van der Waals surface area contributed by atoms with E-state index in [1.54, 1.807) is 4.90 Å². The van der Waals surface area contributed by atoms with Gasteiger partial charge in [0.15, 0.2) is 5.82 Å². The van der Waals surface area contributed by atoms with Crippen LogP contribution in [0.15, 0.2) is 20.3 Å². The molecule has 0 unspecified atom stereocenters. The first-order valence-electron chi connectivity index (χ1n) is 7.44. The summed E-state index contributed by atoms with van der Waals surface area (Å²) in [5.74, 6) is 0.522. The van der Waals surface area contributed by atoms with Gasteiger partial charge in [-0.15, -0.1) is 0 Å². The van der Waals surface area contributed by atoms with E-state index in [2.05, 4.69) is 15.1 Å². The highest BCUT2D eigenvalue weighted by Gasteiger charge is 2.35. The molecule has 2 aromatic heterocycles. The SMILES string of the molecule is CCc1noc([C@@H]2CCCN2C(=O)c2cn(C)c(=O)[nH]c2=O)n1. The van der Waals surface area contributed by atoms with E-state index >= 15 is 0 Å². The Morgan fingerprint density at radius 1 is 1.48 bits per heavy atom. The third-order valence-corrected chi connectivity index (χ3v) is 3.94. The largest absolute Gasteiger partial charge is 0.337 e. The van der Waals surface area contributed by atoms with Gasteiger partial charge in [0.2, 0.25) is 5.89 Å². The zero-order valence-corrected chi connectivity index (χ0v) is 12.9. The zero-order valence-electron chi connectivity index (χ0n) is 12.9. The Balaban J connectivity index is 1.93. The van der Waals surface area contributed by atoms with E-state index in [9.17, 15) is 14.4 Å². The average molecular weight is 319 g/mol. The normalized spacial score (nSPS) is 17.7. The van der Waals surface area contributed by atoms with Crippen molar-refractivity contribution >= 4 is 5.91 Å². The lowest BCUT2D eigenvalue weighted by Crippen LogP contribution is -2.38. The number of nitrogens with one attached hydrogen (secondary N) is 1. The van der Waals surface area contributed by atoms with Crippen molar-refractivity contribution in [2.75, 3.05) is 6.54 Å². The molecule has 1 fully saturated rings. The van der Waals surface area contributed by atoms with Crippen molar-refractivity contribution in [1.82, 2.24) is 24.6 Å². The van der Waals surface area contributed by atoms with Crippen LogP contribution in [0.25, 0.3) is 0 Å². The fourth-order valence-corrected chi connectivity index (χ4v) is 2.68. The Morgan fingerprint density at radius 2 is 2.26 bits per heavy atom.